The average molecular weight is 204 g/mol. The van der Waals surface area contributed by atoms with Gasteiger partial charge in [-0.2, -0.15) is 0 Å². The van der Waals surface area contributed by atoms with Crippen LogP contribution >= 0.6 is 0 Å². The zero-order chi connectivity index (χ0) is 10.4. The van der Waals surface area contributed by atoms with Crippen molar-refractivity contribution in [3.63, 3.8) is 0 Å². The first-order valence-corrected chi connectivity index (χ1v) is 5.60. The Bertz CT molecular complexity index is 391. The van der Waals surface area contributed by atoms with E-state index in [9.17, 15) is 5.11 Å². The quantitative estimate of drug-likeness (QED) is 0.668. The molecule has 1 aromatic rings. The minimum atomic E-state index is 0.255. The van der Waals surface area contributed by atoms with Crippen molar-refractivity contribution in [1.82, 2.24) is 0 Å². The van der Waals surface area contributed by atoms with Crippen LogP contribution in [0.2, 0.25) is 0 Å². The third kappa shape index (κ3) is 1.23. The van der Waals surface area contributed by atoms with Crippen LogP contribution in [-0.4, -0.2) is 23.7 Å². The molecule has 2 aliphatic heterocycles. The number of benzene rings is 1. The molecule has 0 spiro atoms. The van der Waals surface area contributed by atoms with Crippen LogP contribution < -0.4 is 10.6 Å². The van der Waals surface area contributed by atoms with Crippen molar-refractivity contribution in [3.8, 4) is 5.75 Å². The Balaban J connectivity index is 2.04. The van der Waals surface area contributed by atoms with Gasteiger partial charge in [0.15, 0.2) is 0 Å². The van der Waals surface area contributed by atoms with Gasteiger partial charge in [0, 0.05) is 29.9 Å². The number of anilines is 1. The van der Waals surface area contributed by atoms with E-state index in [0.717, 1.165) is 31.4 Å². The maximum absolute atomic E-state index is 9.80. The number of hydrogen-bond acceptors (Lipinski definition) is 3. The fraction of sp³-hybridized carbons (Fsp3) is 0.500. The van der Waals surface area contributed by atoms with Crippen LogP contribution in [-0.2, 0) is 6.42 Å². The molecule has 3 heteroatoms. The van der Waals surface area contributed by atoms with Crippen LogP contribution in [0.15, 0.2) is 18.2 Å². The van der Waals surface area contributed by atoms with Crippen molar-refractivity contribution >= 4 is 5.69 Å². The van der Waals surface area contributed by atoms with Gasteiger partial charge in [-0.05, 0) is 31.4 Å². The highest BCUT2D eigenvalue weighted by Crippen LogP contribution is 2.40. The van der Waals surface area contributed by atoms with Crippen molar-refractivity contribution < 1.29 is 5.11 Å². The highest BCUT2D eigenvalue weighted by molar-refractivity contribution is 5.64. The highest BCUT2D eigenvalue weighted by atomic mass is 16.3. The Morgan fingerprint density at radius 3 is 3.13 bits per heavy atom. The van der Waals surface area contributed by atoms with E-state index in [1.807, 2.05) is 6.07 Å². The molecule has 0 saturated carbocycles. The minimum Gasteiger partial charge on any atom is -0.508 e. The molecule has 0 radical (unpaired) electrons. The van der Waals surface area contributed by atoms with Gasteiger partial charge in [0.25, 0.3) is 0 Å². The summed E-state index contributed by atoms with van der Waals surface area (Å²) in [5.74, 6) is 0.425. The van der Waals surface area contributed by atoms with E-state index >= 15 is 0 Å². The maximum atomic E-state index is 9.80. The van der Waals surface area contributed by atoms with Crippen LogP contribution in [0.25, 0.3) is 0 Å². The van der Waals surface area contributed by atoms with E-state index < -0.39 is 0 Å². The second-order valence-corrected chi connectivity index (χ2v) is 4.55. The molecule has 1 saturated heterocycles. The van der Waals surface area contributed by atoms with Crippen molar-refractivity contribution in [1.29, 1.82) is 0 Å². The Hall–Kier alpha value is -1.22. The molecule has 80 valence electrons. The lowest BCUT2D eigenvalue weighted by molar-refractivity contribution is 0.411. The van der Waals surface area contributed by atoms with Crippen molar-refractivity contribution in [2.24, 2.45) is 5.73 Å². The largest absolute Gasteiger partial charge is 0.508 e. The first-order chi connectivity index (χ1) is 7.27. The van der Waals surface area contributed by atoms with Crippen molar-refractivity contribution in [3.05, 3.63) is 23.8 Å². The molecule has 3 rings (SSSR count). The summed E-state index contributed by atoms with van der Waals surface area (Å²) in [6.45, 7) is 1.08. The number of phenolic OH excluding ortho intramolecular Hbond substituents is 1. The molecule has 2 aliphatic rings. The average Bonchev–Trinajstić information content (AvgIpc) is 2.60. The van der Waals surface area contributed by atoms with Gasteiger partial charge in [0.1, 0.15) is 5.75 Å². The number of nitrogens with two attached hydrogens (primary N) is 1. The lowest BCUT2D eigenvalue weighted by atomic mass is 9.96. The number of fused-ring (bicyclic) bond motifs is 3. The summed E-state index contributed by atoms with van der Waals surface area (Å²) in [4.78, 5) is 2.36. The number of nitrogens with zero attached hydrogens (tertiary/aromatic N) is 1. The van der Waals surface area contributed by atoms with Gasteiger partial charge in [-0.3, -0.25) is 0 Å². The lowest BCUT2D eigenvalue weighted by Crippen LogP contribution is -2.50. The first kappa shape index (κ1) is 9.04. The smallest absolute Gasteiger partial charge is 0.120 e. The van der Waals surface area contributed by atoms with Gasteiger partial charge in [0.2, 0.25) is 0 Å². The summed E-state index contributed by atoms with van der Waals surface area (Å²) in [5.41, 5.74) is 8.40. The van der Waals surface area contributed by atoms with Crippen LogP contribution in [0.3, 0.4) is 0 Å². The summed E-state index contributed by atoms with van der Waals surface area (Å²) < 4.78 is 0. The van der Waals surface area contributed by atoms with Gasteiger partial charge in [-0.25, -0.2) is 0 Å². The van der Waals surface area contributed by atoms with E-state index in [1.54, 1.807) is 6.07 Å². The van der Waals surface area contributed by atoms with Crippen LogP contribution in [0.5, 0.6) is 5.75 Å². The van der Waals surface area contributed by atoms with E-state index in [2.05, 4.69) is 11.0 Å². The normalized spacial score (nSPS) is 28.7. The van der Waals surface area contributed by atoms with Gasteiger partial charge in [0.05, 0.1) is 0 Å². The Labute approximate surface area is 89.5 Å². The molecule has 15 heavy (non-hydrogen) atoms. The molecule has 0 aromatic heterocycles. The summed E-state index contributed by atoms with van der Waals surface area (Å²) in [5, 5.41) is 9.80. The second kappa shape index (κ2) is 3.14. The number of hydrogen-bond donors (Lipinski definition) is 2. The van der Waals surface area contributed by atoms with E-state index in [1.165, 1.54) is 5.69 Å². The van der Waals surface area contributed by atoms with Gasteiger partial charge in [-0.15, -0.1) is 0 Å². The minimum absolute atomic E-state index is 0.255. The van der Waals surface area contributed by atoms with Crippen molar-refractivity contribution in [2.45, 2.75) is 31.3 Å². The monoisotopic (exact) mass is 204 g/mol. The van der Waals surface area contributed by atoms with Gasteiger partial charge < -0.3 is 15.7 Å². The molecule has 0 amide bonds. The zero-order valence-corrected chi connectivity index (χ0v) is 8.69. The fourth-order valence-electron chi connectivity index (χ4n) is 2.90. The standard InChI is InChI=1S/C12H16N2O/c13-9-3-2-6-14-10-4-1-5-12(15)8(10)7-11(9)14/h1,4-5,9,11,15H,2-3,6-7,13H2. The lowest BCUT2D eigenvalue weighted by Gasteiger charge is -2.36. The molecular formula is C12H16N2O. The summed E-state index contributed by atoms with van der Waals surface area (Å²) in [7, 11) is 0. The molecule has 2 atom stereocenters. The summed E-state index contributed by atoms with van der Waals surface area (Å²) >= 11 is 0. The van der Waals surface area contributed by atoms with Crippen LogP contribution in [0.4, 0.5) is 5.69 Å². The number of phenols is 1. The second-order valence-electron chi connectivity index (χ2n) is 4.55. The molecule has 2 heterocycles. The SMILES string of the molecule is NC1CCCN2c3cccc(O)c3CC12. The molecule has 3 nitrogen and oxygen atoms in total. The Morgan fingerprint density at radius 1 is 1.40 bits per heavy atom. The Kier molecular flexibility index (Phi) is 1.89. The number of aromatic hydroxyl groups is 1. The van der Waals surface area contributed by atoms with Gasteiger partial charge >= 0.3 is 0 Å². The molecular weight excluding hydrogens is 188 g/mol. The number of piperidine rings is 1. The number of rotatable bonds is 0. The van der Waals surface area contributed by atoms with Crippen LogP contribution in [0.1, 0.15) is 18.4 Å². The van der Waals surface area contributed by atoms with E-state index in [4.69, 9.17) is 5.73 Å². The molecule has 1 aromatic carbocycles. The molecule has 1 fully saturated rings. The van der Waals surface area contributed by atoms with E-state index in [-0.39, 0.29) is 6.04 Å². The Morgan fingerprint density at radius 2 is 2.27 bits per heavy atom. The van der Waals surface area contributed by atoms with Crippen LogP contribution in [0, 0.1) is 0 Å². The van der Waals surface area contributed by atoms with Gasteiger partial charge in [-0.1, -0.05) is 6.07 Å². The predicted molar refractivity (Wildman–Crippen MR) is 60.2 cm³/mol. The van der Waals surface area contributed by atoms with Crippen molar-refractivity contribution in [2.75, 3.05) is 11.4 Å². The summed E-state index contributed by atoms with van der Waals surface area (Å²) in [6, 6.07) is 6.43. The summed E-state index contributed by atoms with van der Waals surface area (Å²) in [6.07, 6.45) is 3.17. The highest BCUT2D eigenvalue weighted by Gasteiger charge is 2.36. The predicted octanol–water partition coefficient (Wildman–Crippen LogP) is 1.24. The molecule has 0 aliphatic carbocycles. The maximum Gasteiger partial charge on any atom is 0.120 e. The topological polar surface area (TPSA) is 49.5 Å². The van der Waals surface area contributed by atoms with E-state index in [0.29, 0.717) is 11.8 Å². The third-order valence-corrected chi connectivity index (χ3v) is 3.68. The third-order valence-electron chi connectivity index (χ3n) is 3.68. The fourth-order valence-corrected chi connectivity index (χ4v) is 2.90. The zero-order valence-electron chi connectivity index (χ0n) is 8.69. The first-order valence-electron chi connectivity index (χ1n) is 5.60. The molecule has 0 bridgehead atoms. The molecule has 3 N–H and O–H groups in total. The molecule has 2 unspecified atom stereocenters.